The van der Waals surface area contributed by atoms with Gasteiger partial charge in [-0.15, -0.1) is 0 Å². The molecule has 0 spiro atoms. The minimum Gasteiger partial charge on any atom is -0.304 e. The predicted molar refractivity (Wildman–Crippen MR) is 160 cm³/mol. The summed E-state index contributed by atoms with van der Waals surface area (Å²) in [5.74, 6) is -0.285. The highest BCUT2D eigenvalue weighted by Crippen LogP contribution is 2.33. The lowest BCUT2D eigenvalue weighted by molar-refractivity contribution is -0.140. The van der Waals surface area contributed by atoms with Crippen molar-refractivity contribution in [2.24, 2.45) is 0 Å². The number of anilines is 1. The maximum atomic E-state index is 15.2. The van der Waals surface area contributed by atoms with Crippen LogP contribution in [0.15, 0.2) is 89.0 Å². The molecule has 46 heavy (non-hydrogen) atoms. The minimum absolute atomic E-state index is 0.0423. The van der Waals surface area contributed by atoms with E-state index in [0.717, 1.165) is 6.07 Å². The Kier molecular flexibility index (Phi) is 7.57. The van der Waals surface area contributed by atoms with E-state index in [1.54, 1.807) is 41.2 Å². The third-order valence-corrected chi connectivity index (χ3v) is 6.95. The zero-order chi connectivity index (χ0) is 32.7. The number of hydrogen-bond donors (Lipinski definition) is 2. The summed E-state index contributed by atoms with van der Waals surface area (Å²) in [6.07, 6.45) is 1.18. The third kappa shape index (κ3) is 5.56. The number of hydrogen-bond acceptors (Lipinski definition) is 7. The molecule has 0 aliphatic heterocycles. The average Bonchev–Trinajstić information content (AvgIpc) is 3.63. The summed E-state index contributed by atoms with van der Waals surface area (Å²) < 4.78 is 59.7. The van der Waals surface area contributed by atoms with Crippen LogP contribution in [0.2, 0.25) is 0 Å². The zero-order valence-corrected chi connectivity index (χ0v) is 24.1. The van der Waals surface area contributed by atoms with Gasteiger partial charge in [-0.25, -0.2) is 23.6 Å². The molecule has 6 aromatic rings. The Morgan fingerprint density at radius 3 is 2.43 bits per heavy atom. The van der Waals surface area contributed by atoms with Crippen molar-refractivity contribution in [1.82, 2.24) is 38.8 Å². The number of nitrogens with zero attached hydrogens (tertiary/aromatic N) is 7. The van der Waals surface area contributed by atoms with Crippen molar-refractivity contribution in [2.45, 2.75) is 12.7 Å². The Labute approximate surface area is 256 Å². The molecule has 2 N–H and O–H groups in total. The number of fused-ring (bicyclic) bond motifs is 1. The van der Waals surface area contributed by atoms with E-state index < -0.39 is 46.0 Å². The van der Waals surface area contributed by atoms with E-state index in [1.165, 1.54) is 36.7 Å². The minimum atomic E-state index is -5.07. The highest BCUT2D eigenvalue weighted by atomic mass is 19.4. The molecule has 0 unspecified atom stereocenters. The summed E-state index contributed by atoms with van der Waals surface area (Å²) in [5.41, 5.74) is -4.75. The third-order valence-electron chi connectivity index (χ3n) is 6.95. The monoisotopic (exact) mass is 633 g/mol. The topological polar surface area (TPSA) is 136 Å². The number of carbonyl (C=O) groups excluding carboxylic acids is 1. The molecule has 4 aromatic heterocycles. The van der Waals surface area contributed by atoms with E-state index >= 15 is 4.39 Å². The molecule has 0 aliphatic rings. The van der Waals surface area contributed by atoms with Gasteiger partial charge in [-0.1, -0.05) is 12.1 Å². The number of alkyl halides is 3. The summed E-state index contributed by atoms with van der Waals surface area (Å²) in [5, 5.41) is 5.78. The molecule has 6 rings (SSSR count). The summed E-state index contributed by atoms with van der Waals surface area (Å²) in [6, 6.07) is 11.9. The number of imidazole rings is 1. The predicted octanol–water partition coefficient (Wildman–Crippen LogP) is 4.42. The molecular weight excluding hydrogens is 610 g/mol. The molecule has 12 nitrogen and oxygen atoms in total. The van der Waals surface area contributed by atoms with Gasteiger partial charge in [0.05, 0.1) is 17.9 Å². The fourth-order valence-electron chi connectivity index (χ4n) is 4.92. The van der Waals surface area contributed by atoms with Gasteiger partial charge in [-0.2, -0.15) is 22.8 Å². The van der Waals surface area contributed by atoms with Crippen molar-refractivity contribution in [3.05, 3.63) is 118 Å². The van der Waals surface area contributed by atoms with Gasteiger partial charge in [0.1, 0.15) is 17.2 Å². The Morgan fingerprint density at radius 1 is 0.978 bits per heavy atom. The maximum absolute atomic E-state index is 15.2. The van der Waals surface area contributed by atoms with Crippen LogP contribution in [0, 0.1) is 5.82 Å². The number of pyridine rings is 1. The van der Waals surface area contributed by atoms with E-state index in [1.807, 2.05) is 24.0 Å². The number of aromatic amines is 1. The molecule has 0 saturated carbocycles. The molecule has 0 atom stereocenters. The van der Waals surface area contributed by atoms with E-state index in [0.29, 0.717) is 33.9 Å². The van der Waals surface area contributed by atoms with Crippen molar-refractivity contribution >= 4 is 22.8 Å². The molecule has 0 aliphatic carbocycles. The molecule has 1 amide bonds. The summed E-state index contributed by atoms with van der Waals surface area (Å²) >= 11 is 0. The van der Waals surface area contributed by atoms with Gasteiger partial charge >= 0.3 is 17.9 Å². The largest absolute Gasteiger partial charge is 0.437 e. The summed E-state index contributed by atoms with van der Waals surface area (Å²) in [6.45, 7) is 0.460. The smallest absolute Gasteiger partial charge is 0.304 e. The fraction of sp³-hybridized carbons (Fsp3) is 0.133. The zero-order valence-electron chi connectivity index (χ0n) is 24.1. The molecule has 4 heterocycles. The van der Waals surface area contributed by atoms with Crippen LogP contribution in [-0.2, 0) is 12.7 Å². The molecule has 0 fully saturated rings. The Balaban J connectivity index is 1.42. The van der Waals surface area contributed by atoms with Crippen molar-refractivity contribution in [3.63, 3.8) is 0 Å². The number of halogens is 4. The first-order chi connectivity index (χ1) is 21.9. The number of H-pyrrole nitrogens is 1. The molecule has 2 aromatic carbocycles. The number of rotatable bonds is 6. The van der Waals surface area contributed by atoms with Crippen LogP contribution in [-0.4, -0.2) is 58.9 Å². The highest BCUT2D eigenvalue weighted by molar-refractivity contribution is 5.92. The van der Waals surface area contributed by atoms with Crippen LogP contribution >= 0.6 is 0 Å². The van der Waals surface area contributed by atoms with Gasteiger partial charge in [0.2, 0.25) is 0 Å². The molecule has 0 radical (unpaired) electrons. The first-order valence-electron chi connectivity index (χ1n) is 13.6. The Hall–Kier alpha value is -5.90. The molecule has 0 saturated heterocycles. The average molecular weight is 634 g/mol. The normalized spacial score (nSPS) is 11.8. The van der Waals surface area contributed by atoms with Crippen molar-refractivity contribution in [1.29, 1.82) is 0 Å². The standard InChI is InChI=1S/C30H23F4N9O3/c1-40(2)16-23-36-12-13-41(23)19-6-7-22(21(31)15-19)37-28(45)42-27(44)25-24(38-29(42)46)26(30(32,33)34)39-43(25)20-5-3-4-18(14-20)17-8-10-35-11-9-17/h3-15H,16H2,1-2H3,(H,37,45)(H,38,46). The van der Waals surface area contributed by atoms with Crippen LogP contribution in [0.1, 0.15) is 11.5 Å². The SMILES string of the molecule is CN(C)Cc1nccn1-c1ccc(NC(=O)n2c(=O)[nH]c3c(C(F)(F)F)nn(-c4cccc(-c5ccncc5)c4)c3c2=O)c(F)c1. The van der Waals surface area contributed by atoms with Crippen molar-refractivity contribution in [3.8, 4) is 22.5 Å². The number of carbonyl (C=O) groups is 1. The Morgan fingerprint density at radius 2 is 1.74 bits per heavy atom. The van der Waals surface area contributed by atoms with Gasteiger partial charge in [0, 0.05) is 36.5 Å². The number of aromatic nitrogens is 7. The maximum Gasteiger partial charge on any atom is 0.437 e. The van der Waals surface area contributed by atoms with Gasteiger partial charge in [-0.3, -0.25) is 9.78 Å². The fourth-order valence-corrected chi connectivity index (χ4v) is 4.92. The lowest BCUT2D eigenvalue weighted by Gasteiger charge is -2.13. The molecular formula is C30H23F4N9O3. The van der Waals surface area contributed by atoms with Crippen LogP contribution in [0.5, 0.6) is 0 Å². The first-order valence-corrected chi connectivity index (χ1v) is 13.6. The highest BCUT2D eigenvalue weighted by Gasteiger charge is 2.39. The van der Waals surface area contributed by atoms with E-state index in [4.69, 9.17) is 0 Å². The number of amides is 1. The van der Waals surface area contributed by atoms with Crippen LogP contribution in [0.4, 0.5) is 28.0 Å². The van der Waals surface area contributed by atoms with E-state index in [-0.39, 0.29) is 15.9 Å². The van der Waals surface area contributed by atoms with Gasteiger partial charge < -0.3 is 19.8 Å². The van der Waals surface area contributed by atoms with Crippen LogP contribution in [0.25, 0.3) is 33.5 Å². The quantitative estimate of drug-likeness (QED) is 0.259. The number of benzene rings is 2. The van der Waals surface area contributed by atoms with E-state index in [2.05, 4.69) is 20.4 Å². The second kappa shape index (κ2) is 11.6. The lowest BCUT2D eigenvalue weighted by atomic mass is 10.1. The number of nitrogens with one attached hydrogen (secondary N) is 2. The molecule has 16 heteroatoms. The second-order valence-corrected chi connectivity index (χ2v) is 10.4. The molecule has 0 bridgehead atoms. The van der Waals surface area contributed by atoms with E-state index in [9.17, 15) is 27.6 Å². The summed E-state index contributed by atoms with van der Waals surface area (Å²) in [7, 11) is 3.69. The van der Waals surface area contributed by atoms with Crippen LogP contribution in [0.3, 0.4) is 0 Å². The lowest BCUT2D eigenvalue weighted by Crippen LogP contribution is -2.42. The van der Waals surface area contributed by atoms with Gasteiger partial charge in [0.25, 0.3) is 5.56 Å². The van der Waals surface area contributed by atoms with Crippen molar-refractivity contribution in [2.75, 3.05) is 19.4 Å². The van der Waals surface area contributed by atoms with Crippen molar-refractivity contribution < 1.29 is 22.4 Å². The van der Waals surface area contributed by atoms with Crippen LogP contribution < -0.4 is 16.6 Å². The van der Waals surface area contributed by atoms with Gasteiger partial charge in [-0.05, 0) is 61.6 Å². The molecule has 234 valence electrons. The second-order valence-electron chi connectivity index (χ2n) is 10.4. The Bertz CT molecular complexity index is 2220. The summed E-state index contributed by atoms with van der Waals surface area (Å²) in [4.78, 5) is 51.8. The van der Waals surface area contributed by atoms with Gasteiger partial charge in [0.15, 0.2) is 11.2 Å². The first kappa shape index (κ1) is 30.1.